The summed E-state index contributed by atoms with van der Waals surface area (Å²) < 4.78 is 16.0. The van der Waals surface area contributed by atoms with E-state index in [-0.39, 0.29) is 34.6 Å². The fourth-order valence-corrected chi connectivity index (χ4v) is 6.42. The third-order valence-electron chi connectivity index (χ3n) is 7.55. The third-order valence-corrected chi connectivity index (χ3v) is 8.02. The summed E-state index contributed by atoms with van der Waals surface area (Å²) in [5.41, 5.74) is -0.626. The van der Waals surface area contributed by atoms with Crippen molar-refractivity contribution in [2.45, 2.75) is 37.0 Å². The molecule has 0 saturated heterocycles. The van der Waals surface area contributed by atoms with E-state index < -0.39 is 35.2 Å². The Morgan fingerprint density at radius 3 is 2.64 bits per heavy atom. The van der Waals surface area contributed by atoms with Gasteiger partial charge in [-0.05, 0) is 49.1 Å². The van der Waals surface area contributed by atoms with Crippen molar-refractivity contribution < 1.29 is 33.7 Å². The van der Waals surface area contributed by atoms with Crippen LogP contribution in [0.15, 0.2) is 34.1 Å². The molecule has 1 aromatic heterocycles. The standard InChI is InChI=1S/C22H26N2O7P2/c1-8-9-5-4-6-12(30-32)13(9)17(25)14-10(8)7-11-16(24(2)3)18-15(21(31-33)23-29-18)20(27)22(11,28)19(14)26/h4-6,8,10-11,16-17,25-26,28H,7,32-33H2,1-3H3/t8-,10+,11-,16-,17?,22-/m0/s1. The minimum absolute atomic E-state index is 0.0132. The molecule has 0 bridgehead atoms. The minimum Gasteiger partial charge on any atom is -0.509 e. The quantitative estimate of drug-likeness (QED) is 0.555. The fraction of sp³-hybridized carbons (Fsp3) is 0.455. The molecule has 2 aromatic rings. The molecule has 33 heavy (non-hydrogen) atoms. The molecule has 1 heterocycles. The van der Waals surface area contributed by atoms with Gasteiger partial charge in [0.25, 0.3) is 5.88 Å². The van der Waals surface area contributed by atoms with Gasteiger partial charge in [0.2, 0.25) is 5.78 Å². The summed E-state index contributed by atoms with van der Waals surface area (Å²) in [5, 5.41) is 38.6. The second kappa shape index (κ2) is 7.76. The SMILES string of the molecule is C[C@H]1c2cccc(OP)c2C(O)C2=C(O)[C@]3(O)C(=O)c4c(OP)noc4[C@@H](N(C)C)[C@@H]3C[C@@H]21. The van der Waals surface area contributed by atoms with Crippen molar-refractivity contribution in [1.82, 2.24) is 10.1 Å². The second-order valence-electron chi connectivity index (χ2n) is 9.17. The molecule has 5 rings (SSSR count). The Bertz CT molecular complexity index is 1180. The first-order valence-corrected chi connectivity index (χ1v) is 11.5. The van der Waals surface area contributed by atoms with Gasteiger partial charge in [0.15, 0.2) is 11.4 Å². The van der Waals surface area contributed by atoms with Crippen molar-refractivity contribution in [3.05, 3.63) is 52.0 Å². The normalized spacial score (nSPS) is 32.7. The van der Waals surface area contributed by atoms with Crippen LogP contribution in [0.1, 0.15) is 58.7 Å². The highest BCUT2D eigenvalue weighted by molar-refractivity contribution is 7.10. The number of carbonyl (C=O) groups excluding carboxylic acids is 1. The van der Waals surface area contributed by atoms with Gasteiger partial charge in [0.05, 0.1) is 25.0 Å². The van der Waals surface area contributed by atoms with E-state index in [0.717, 1.165) is 5.56 Å². The molecule has 3 unspecified atom stereocenters. The number of Topliss-reactive ketones (excluding diaryl/α,β-unsaturated/α-hetero) is 1. The summed E-state index contributed by atoms with van der Waals surface area (Å²) in [6, 6.07) is 4.95. The van der Waals surface area contributed by atoms with Crippen LogP contribution in [0, 0.1) is 11.8 Å². The zero-order valence-corrected chi connectivity index (χ0v) is 20.7. The van der Waals surface area contributed by atoms with Crippen molar-refractivity contribution in [2.24, 2.45) is 11.8 Å². The number of aliphatic hydroxyl groups excluding tert-OH is 2. The Labute approximate surface area is 195 Å². The van der Waals surface area contributed by atoms with Crippen LogP contribution in [0.4, 0.5) is 0 Å². The van der Waals surface area contributed by atoms with E-state index in [1.807, 2.05) is 47.5 Å². The molecule has 11 heteroatoms. The van der Waals surface area contributed by atoms with Crippen LogP contribution in [0.25, 0.3) is 0 Å². The molecule has 0 fully saturated rings. The molecular weight excluding hydrogens is 466 g/mol. The van der Waals surface area contributed by atoms with Crippen molar-refractivity contribution in [3.8, 4) is 11.6 Å². The molecule has 9 nitrogen and oxygen atoms in total. The van der Waals surface area contributed by atoms with E-state index in [1.165, 1.54) is 0 Å². The molecule has 3 aliphatic carbocycles. The zero-order chi connectivity index (χ0) is 23.8. The average molecular weight is 492 g/mol. The number of rotatable bonds is 3. The van der Waals surface area contributed by atoms with E-state index in [0.29, 0.717) is 17.7 Å². The number of hydrogen-bond donors (Lipinski definition) is 3. The first-order valence-electron chi connectivity index (χ1n) is 10.6. The van der Waals surface area contributed by atoms with Crippen LogP contribution in [-0.4, -0.2) is 50.9 Å². The van der Waals surface area contributed by atoms with Crippen LogP contribution in [0.2, 0.25) is 0 Å². The van der Waals surface area contributed by atoms with E-state index >= 15 is 0 Å². The van der Waals surface area contributed by atoms with Gasteiger partial charge >= 0.3 is 0 Å². The second-order valence-corrected chi connectivity index (χ2v) is 9.64. The lowest BCUT2D eigenvalue weighted by atomic mass is 9.56. The van der Waals surface area contributed by atoms with E-state index in [9.17, 15) is 20.1 Å². The first-order chi connectivity index (χ1) is 15.7. The van der Waals surface area contributed by atoms with E-state index in [2.05, 4.69) is 14.6 Å². The van der Waals surface area contributed by atoms with Gasteiger partial charge in [-0.2, -0.15) is 0 Å². The van der Waals surface area contributed by atoms with Crippen LogP contribution < -0.4 is 9.05 Å². The summed E-state index contributed by atoms with van der Waals surface area (Å²) in [5.74, 6) is -1.78. The maximum absolute atomic E-state index is 13.7. The number of aromatic nitrogens is 1. The maximum Gasteiger partial charge on any atom is 0.267 e. The monoisotopic (exact) mass is 492 g/mol. The lowest BCUT2D eigenvalue weighted by molar-refractivity contribution is -0.0627. The highest BCUT2D eigenvalue weighted by Gasteiger charge is 2.64. The summed E-state index contributed by atoms with van der Waals surface area (Å²) in [6.45, 7) is 2.01. The third kappa shape index (κ3) is 2.84. The average Bonchev–Trinajstić information content (AvgIpc) is 3.22. The summed E-state index contributed by atoms with van der Waals surface area (Å²) in [6.07, 6.45) is -0.902. The number of aliphatic hydroxyl groups is 3. The summed E-state index contributed by atoms with van der Waals surface area (Å²) in [4.78, 5) is 15.5. The van der Waals surface area contributed by atoms with Crippen LogP contribution >= 0.6 is 18.9 Å². The largest absolute Gasteiger partial charge is 0.509 e. The first kappa shape index (κ1) is 22.8. The van der Waals surface area contributed by atoms with Gasteiger partial charge in [-0.1, -0.05) is 19.1 Å². The molecule has 0 amide bonds. The van der Waals surface area contributed by atoms with Crippen molar-refractivity contribution >= 4 is 24.7 Å². The van der Waals surface area contributed by atoms with Gasteiger partial charge in [-0.15, -0.1) is 0 Å². The molecule has 0 saturated carbocycles. The Kier molecular flexibility index (Phi) is 5.35. The number of benzene rings is 1. The van der Waals surface area contributed by atoms with Crippen LogP contribution in [0.5, 0.6) is 11.6 Å². The molecule has 8 atom stereocenters. The number of ketones is 1. The van der Waals surface area contributed by atoms with E-state index in [4.69, 9.17) is 13.6 Å². The van der Waals surface area contributed by atoms with Crippen LogP contribution in [0.3, 0.4) is 0 Å². The Balaban J connectivity index is 1.76. The van der Waals surface area contributed by atoms with E-state index in [1.54, 1.807) is 6.07 Å². The topological polar surface area (TPSA) is 125 Å². The van der Waals surface area contributed by atoms with Gasteiger partial charge in [0.1, 0.15) is 23.2 Å². The van der Waals surface area contributed by atoms with Crippen molar-refractivity contribution in [3.63, 3.8) is 0 Å². The molecule has 3 N–H and O–H groups in total. The van der Waals surface area contributed by atoms with Gasteiger partial charge in [-0.3, -0.25) is 9.69 Å². The van der Waals surface area contributed by atoms with Gasteiger partial charge in [-0.25, -0.2) is 0 Å². The van der Waals surface area contributed by atoms with Gasteiger partial charge < -0.3 is 28.9 Å². The Morgan fingerprint density at radius 1 is 1.27 bits per heavy atom. The highest BCUT2D eigenvalue weighted by Crippen LogP contribution is 2.60. The van der Waals surface area contributed by atoms with Crippen LogP contribution in [-0.2, 0) is 0 Å². The number of carbonyl (C=O) groups is 1. The zero-order valence-electron chi connectivity index (χ0n) is 18.3. The lowest BCUT2D eigenvalue weighted by Gasteiger charge is -2.51. The summed E-state index contributed by atoms with van der Waals surface area (Å²) in [7, 11) is 7.79. The highest BCUT2D eigenvalue weighted by atomic mass is 31.0. The van der Waals surface area contributed by atoms with Gasteiger partial charge in [0, 0.05) is 17.1 Å². The molecule has 3 aliphatic rings. The maximum atomic E-state index is 13.7. The lowest BCUT2D eigenvalue weighted by Crippen LogP contribution is -2.59. The van der Waals surface area contributed by atoms with Crippen molar-refractivity contribution in [1.29, 1.82) is 0 Å². The Hall–Kier alpha value is -2.02. The summed E-state index contributed by atoms with van der Waals surface area (Å²) >= 11 is 0. The molecule has 0 radical (unpaired) electrons. The molecule has 1 aromatic carbocycles. The fourth-order valence-electron chi connectivity index (χ4n) is 6.05. The predicted octanol–water partition coefficient (Wildman–Crippen LogP) is 2.84. The molecule has 176 valence electrons. The number of fused-ring (bicyclic) bond motifs is 4. The molecular formula is C22H26N2O7P2. The van der Waals surface area contributed by atoms with Crippen molar-refractivity contribution in [2.75, 3.05) is 14.1 Å². The predicted molar refractivity (Wildman–Crippen MR) is 124 cm³/mol. The number of hydrogen-bond acceptors (Lipinski definition) is 9. The smallest absolute Gasteiger partial charge is 0.267 e. The molecule has 0 aliphatic heterocycles. The number of nitrogens with zero attached hydrogens (tertiary/aromatic N) is 2. The minimum atomic E-state index is -2.27. The Morgan fingerprint density at radius 2 is 2.00 bits per heavy atom. The molecule has 0 spiro atoms.